The Morgan fingerprint density at radius 2 is 2.26 bits per heavy atom. The summed E-state index contributed by atoms with van der Waals surface area (Å²) in [6, 6.07) is 2.15. The van der Waals surface area contributed by atoms with E-state index in [1.807, 2.05) is 24.9 Å². The fourth-order valence-electron chi connectivity index (χ4n) is 2.49. The van der Waals surface area contributed by atoms with E-state index in [1.54, 1.807) is 0 Å². The Morgan fingerprint density at radius 3 is 2.95 bits per heavy atom. The predicted octanol–water partition coefficient (Wildman–Crippen LogP) is 1.14. The molecular formula is C14H20N4O. The molecule has 0 unspecified atom stereocenters. The van der Waals surface area contributed by atoms with Crippen LogP contribution in [0.15, 0.2) is 12.3 Å². The number of aliphatic hydroxyl groups is 1. The first-order valence-corrected chi connectivity index (χ1v) is 6.73. The van der Waals surface area contributed by atoms with Gasteiger partial charge in [-0.1, -0.05) is 0 Å². The summed E-state index contributed by atoms with van der Waals surface area (Å²) in [5, 5.41) is 18.2. The normalized spacial score (nSPS) is 17.0. The summed E-state index contributed by atoms with van der Waals surface area (Å²) >= 11 is 0. The molecular weight excluding hydrogens is 240 g/mol. The Balaban J connectivity index is 1.69. The number of nitrogens with zero attached hydrogens (tertiary/aromatic N) is 3. The van der Waals surface area contributed by atoms with Gasteiger partial charge in [-0.3, -0.25) is 4.68 Å². The van der Waals surface area contributed by atoms with E-state index in [0.29, 0.717) is 6.61 Å². The van der Waals surface area contributed by atoms with Crippen molar-refractivity contribution in [2.45, 2.75) is 26.3 Å². The first kappa shape index (κ1) is 12.6. The standard InChI is InChI=1S/C14H20N4O/c1-10-12-5-11(7-16-13(12)18(2)17-10)6-15-8-14(9-19)3-4-14/h5,7,15,19H,3-4,6,8-9H2,1-2H3. The number of hydrogen-bond donors (Lipinski definition) is 2. The predicted molar refractivity (Wildman–Crippen MR) is 73.7 cm³/mol. The fraction of sp³-hybridized carbons (Fsp3) is 0.571. The molecule has 2 heterocycles. The highest BCUT2D eigenvalue weighted by molar-refractivity contribution is 5.78. The van der Waals surface area contributed by atoms with Crippen molar-refractivity contribution >= 4 is 11.0 Å². The molecule has 5 nitrogen and oxygen atoms in total. The molecule has 5 heteroatoms. The minimum atomic E-state index is 0.155. The number of aromatic nitrogens is 3. The Bertz CT molecular complexity index is 601. The molecule has 1 aliphatic carbocycles. The summed E-state index contributed by atoms with van der Waals surface area (Å²) in [5.41, 5.74) is 3.26. The molecule has 2 N–H and O–H groups in total. The minimum Gasteiger partial charge on any atom is -0.396 e. The van der Waals surface area contributed by atoms with Crippen LogP contribution >= 0.6 is 0 Å². The zero-order valence-electron chi connectivity index (χ0n) is 11.5. The van der Waals surface area contributed by atoms with Crippen molar-refractivity contribution in [2.24, 2.45) is 12.5 Å². The molecule has 0 atom stereocenters. The van der Waals surface area contributed by atoms with Crippen molar-refractivity contribution in [1.29, 1.82) is 0 Å². The van der Waals surface area contributed by atoms with Crippen molar-refractivity contribution in [3.05, 3.63) is 23.5 Å². The number of nitrogens with one attached hydrogen (secondary N) is 1. The average molecular weight is 260 g/mol. The Hall–Kier alpha value is -1.46. The lowest BCUT2D eigenvalue weighted by molar-refractivity contribution is 0.207. The largest absolute Gasteiger partial charge is 0.396 e. The van der Waals surface area contributed by atoms with Gasteiger partial charge in [-0.2, -0.15) is 5.10 Å². The molecule has 102 valence electrons. The highest BCUT2D eigenvalue weighted by Crippen LogP contribution is 2.44. The van der Waals surface area contributed by atoms with Crippen LogP contribution in [0.2, 0.25) is 0 Å². The van der Waals surface area contributed by atoms with Gasteiger partial charge in [0.05, 0.1) is 5.69 Å². The van der Waals surface area contributed by atoms with Gasteiger partial charge in [-0.15, -0.1) is 0 Å². The summed E-state index contributed by atoms with van der Waals surface area (Å²) in [6.07, 6.45) is 4.17. The molecule has 2 aromatic rings. The van der Waals surface area contributed by atoms with Crippen LogP contribution in [-0.4, -0.2) is 33.0 Å². The molecule has 0 amide bonds. The molecule has 0 spiro atoms. The average Bonchev–Trinajstić information content (AvgIpc) is 3.13. The maximum absolute atomic E-state index is 9.27. The van der Waals surface area contributed by atoms with Crippen LogP contribution in [0.4, 0.5) is 0 Å². The van der Waals surface area contributed by atoms with Gasteiger partial charge in [0.1, 0.15) is 0 Å². The number of fused-ring (bicyclic) bond motifs is 1. The maximum Gasteiger partial charge on any atom is 0.157 e. The van der Waals surface area contributed by atoms with Crippen LogP contribution in [0.3, 0.4) is 0 Å². The number of aliphatic hydroxyl groups excluding tert-OH is 1. The quantitative estimate of drug-likeness (QED) is 0.846. The lowest BCUT2D eigenvalue weighted by Crippen LogP contribution is -2.26. The zero-order chi connectivity index (χ0) is 13.5. The maximum atomic E-state index is 9.27. The molecule has 19 heavy (non-hydrogen) atoms. The van der Waals surface area contributed by atoms with Gasteiger partial charge in [0.15, 0.2) is 5.65 Å². The summed E-state index contributed by atoms with van der Waals surface area (Å²) in [7, 11) is 1.92. The molecule has 0 aliphatic heterocycles. The topological polar surface area (TPSA) is 63.0 Å². The second kappa shape index (κ2) is 4.58. The molecule has 2 aromatic heterocycles. The molecule has 1 saturated carbocycles. The third-order valence-corrected chi connectivity index (χ3v) is 4.04. The SMILES string of the molecule is Cc1nn(C)c2ncc(CNCC3(CO)CC3)cc12. The first-order valence-electron chi connectivity index (χ1n) is 6.73. The van der Waals surface area contributed by atoms with Gasteiger partial charge in [-0.25, -0.2) is 4.98 Å². The van der Waals surface area contributed by atoms with E-state index in [9.17, 15) is 5.11 Å². The van der Waals surface area contributed by atoms with E-state index < -0.39 is 0 Å². The minimum absolute atomic E-state index is 0.155. The highest BCUT2D eigenvalue weighted by Gasteiger charge is 2.41. The summed E-state index contributed by atoms with van der Waals surface area (Å²) in [6.45, 7) is 3.97. The molecule has 0 saturated heterocycles. The summed E-state index contributed by atoms with van der Waals surface area (Å²) < 4.78 is 1.81. The highest BCUT2D eigenvalue weighted by atomic mass is 16.3. The van der Waals surface area contributed by atoms with E-state index in [-0.39, 0.29) is 5.41 Å². The third-order valence-electron chi connectivity index (χ3n) is 4.04. The number of pyridine rings is 1. The van der Waals surface area contributed by atoms with E-state index in [1.165, 1.54) is 0 Å². The van der Waals surface area contributed by atoms with Crippen molar-refractivity contribution < 1.29 is 5.11 Å². The second-order valence-electron chi connectivity index (χ2n) is 5.69. The fourth-order valence-corrected chi connectivity index (χ4v) is 2.49. The van der Waals surface area contributed by atoms with E-state index in [0.717, 1.165) is 48.2 Å². The first-order chi connectivity index (χ1) is 9.13. The summed E-state index contributed by atoms with van der Waals surface area (Å²) in [5.74, 6) is 0. The number of rotatable bonds is 5. The van der Waals surface area contributed by atoms with Crippen molar-refractivity contribution in [2.75, 3.05) is 13.2 Å². The van der Waals surface area contributed by atoms with Gasteiger partial charge < -0.3 is 10.4 Å². The van der Waals surface area contributed by atoms with Crippen LogP contribution < -0.4 is 5.32 Å². The Morgan fingerprint density at radius 1 is 1.47 bits per heavy atom. The van der Waals surface area contributed by atoms with Gasteiger partial charge in [0.2, 0.25) is 0 Å². The molecule has 3 rings (SSSR count). The van der Waals surface area contributed by atoms with Crippen molar-refractivity contribution in [1.82, 2.24) is 20.1 Å². The van der Waals surface area contributed by atoms with Crippen molar-refractivity contribution in [3.63, 3.8) is 0 Å². The van der Waals surface area contributed by atoms with Gasteiger partial charge in [-0.05, 0) is 31.4 Å². The third kappa shape index (κ3) is 2.35. The lowest BCUT2D eigenvalue weighted by Gasteiger charge is -2.12. The Labute approximate surface area is 112 Å². The molecule has 1 aliphatic rings. The Kier molecular flexibility index (Phi) is 3.03. The van der Waals surface area contributed by atoms with Crippen LogP contribution in [0.5, 0.6) is 0 Å². The van der Waals surface area contributed by atoms with E-state index in [4.69, 9.17) is 0 Å². The molecule has 0 aromatic carbocycles. The van der Waals surface area contributed by atoms with Crippen LogP contribution in [0, 0.1) is 12.3 Å². The molecule has 1 fully saturated rings. The second-order valence-corrected chi connectivity index (χ2v) is 5.69. The van der Waals surface area contributed by atoms with Crippen LogP contribution in [-0.2, 0) is 13.6 Å². The lowest BCUT2D eigenvalue weighted by atomic mass is 10.1. The van der Waals surface area contributed by atoms with E-state index >= 15 is 0 Å². The summed E-state index contributed by atoms with van der Waals surface area (Å²) in [4.78, 5) is 4.46. The monoisotopic (exact) mass is 260 g/mol. The van der Waals surface area contributed by atoms with E-state index in [2.05, 4.69) is 21.5 Å². The number of aryl methyl sites for hydroxylation is 2. The molecule has 0 bridgehead atoms. The van der Waals surface area contributed by atoms with Gasteiger partial charge >= 0.3 is 0 Å². The van der Waals surface area contributed by atoms with Gasteiger partial charge in [0.25, 0.3) is 0 Å². The number of hydrogen-bond acceptors (Lipinski definition) is 4. The van der Waals surface area contributed by atoms with Crippen molar-refractivity contribution in [3.8, 4) is 0 Å². The molecule has 0 radical (unpaired) electrons. The zero-order valence-corrected chi connectivity index (χ0v) is 11.5. The smallest absolute Gasteiger partial charge is 0.157 e. The van der Waals surface area contributed by atoms with Gasteiger partial charge in [0, 0.05) is 43.7 Å². The van der Waals surface area contributed by atoms with Crippen LogP contribution in [0.1, 0.15) is 24.1 Å². The van der Waals surface area contributed by atoms with Crippen LogP contribution in [0.25, 0.3) is 11.0 Å².